The Morgan fingerprint density at radius 3 is 1.68 bits per heavy atom. The minimum Gasteiger partial charge on any atom is -0.457 e. The molecule has 0 amide bonds. The van der Waals surface area contributed by atoms with Gasteiger partial charge < -0.3 is 20.1 Å². The van der Waals surface area contributed by atoms with Gasteiger partial charge >= 0.3 is 13.8 Å². The van der Waals surface area contributed by atoms with Gasteiger partial charge in [0.15, 0.2) is 0 Å². The van der Waals surface area contributed by atoms with Crippen LogP contribution in [0.3, 0.4) is 0 Å². The lowest BCUT2D eigenvalue weighted by Gasteiger charge is -2.20. The normalized spacial score (nSPS) is 13.9. The fourth-order valence-corrected chi connectivity index (χ4v) is 6.36. The number of hydrogen-bond donors (Lipinski definition) is 2. The first-order valence-electron chi connectivity index (χ1n) is 20.5. The fraction of sp³-hybridized carbons (Fsp3) is 0.829. The second-order valence-electron chi connectivity index (χ2n) is 13.5. The van der Waals surface area contributed by atoms with E-state index < -0.39 is 13.9 Å². The zero-order valence-corrected chi connectivity index (χ0v) is 33.3. The predicted molar refractivity (Wildman–Crippen MR) is 210 cm³/mol. The number of carbonyl (C=O) groups is 1. The van der Waals surface area contributed by atoms with Crippen LogP contribution in [0, 0.1) is 0 Å². The van der Waals surface area contributed by atoms with Gasteiger partial charge in [0.05, 0.1) is 19.8 Å². The molecule has 0 aromatic carbocycles. The molecule has 50 heavy (non-hydrogen) atoms. The first-order chi connectivity index (χ1) is 24.4. The van der Waals surface area contributed by atoms with Crippen molar-refractivity contribution in [2.24, 2.45) is 5.73 Å². The van der Waals surface area contributed by atoms with Gasteiger partial charge in [0, 0.05) is 19.6 Å². The van der Waals surface area contributed by atoms with E-state index in [0.29, 0.717) is 13.0 Å². The first-order valence-corrected chi connectivity index (χ1v) is 22.0. The number of hydrogen-bond acceptors (Lipinski definition) is 7. The predicted octanol–water partition coefficient (Wildman–Crippen LogP) is 11.9. The number of esters is 1. The molecule has 3 N–H and O–H groups in total. The Bertz CT molecular complexity index is 864. The van der Waals surface area contributed by atoms with Gasteiger partial charge in [-0.1, -0.05) is 166 Å². The zero-order valence-electron chi connectivity index (χ0n) is 32.4. The molecule has 0 rings (SSSR count). The number of phosphoric acid groups is 1. The van der Waals surface area contributed by atoms with Gasteiger partial charge in [-0.15, -0.1) is 0 Å². The third kappa shape index (κ3) is 38.0. The maximum absolute atomic E-state index is 12.5. The number of rotatable bonds is 39. The molecule has 0 fully saturated rings. The maximum Gasteiger partial charge on any atom is 0.472 e. The van der Waals surface area contributed by atoms with Crippen LogP contribution in [-0.2, 0) is 27.9 Å². The Morgan fingerprint density at radius 1 is 0.620 bits per heavy atom. The Morgan fingerprint density at radius 2 is 1.12 bits per heavy atom. The molecule has 0 saturated carbocycles. The largest absolute Gasteiger partial charge is 0.472 e. The van der Waals surface area contributed by atoms with Crippen LogP contribution in [0.1, 0.15) is 181 Å². The number of ether oxygens (including phenoxy) is 2. The van der Waals surface area contributed by atoms with E-state index in [-0.39, 0.29) is 32.3 Å². The minimum absolute atomic E-state index is 0.0977. The molecule has 9 heteroatoms. The molecule has 2 atom stereocenters. The highest BCUT2D eigenvalue weighted by molar-refractivity contribution is 7.47. The van der Waals surface area contributed by atoms with E-state index in [2.05, 4.69) is 50.3 Å². The molecular formula is C41H78NO7P. The van der Waals surface area contributed by atoms with Gasteiger partial charge in [0.25, 0.3) is 0 Å². The minimum atomic E-state index is -4.28. The lowest BCUT2D eigenvalue weighted by molar-refractivity contribution is -0.154. The second kappa shape index (κ2) is 38.9. The number of allylic oxidation sites excluding steroid dienone is 6. The summed E-state index contributed by atoms with van der Waals surface area (Å²) < 4.78 is 33.4. The third-order valence-corrected chi connectivity index (χ3v) is 9.56. The summed E-state index contributed by atoms with van der Waals surface area (Å²) in [6, 6.07) is 0. The van der Waals surface area contributed by atoms with Gasteiger partial charge in [-0.3, -0.25) is 13.8 Å². The molecule has 294 valence electrons. The average molecular weight is 728 g/mol. The zero-order chi connectivity index (χ0) is 36.6. The quantitative estimate of drug-likeness (QED) is 0.0278. The lowest BCUT2D eigenvalue weighted by Crippen LogP contribution is -2.28. The molecule has 1 unspecified atom stereocenters. The van der Waals surface area contributed by atoms with Crippen molar-refractivity contribution in [3.63, 3.8) is 0 Å². The Balaban J connectivity index is 4.06. The Labute approximate surface area is 308 Å². The van der Waals surface area contributed by atoms with Crippen molar-refractivity contribution in [3.05, 3.63) is 36.5 Å². The second-order valence-corrected chi connectivity index (χ2v) is 14.9. The van der Waals surface area contributed by atoms with Crippen LogP contribution < -0.4 is 5.73 Å². The summed E-state index contributed by atoms with van der Waals surface area (Å²) in [5.74, 6) is -0.346. The Hall–Kier alpha value is -1.28. The highest BCUT2D eigenvalue weighted by Crippen LogP contribution is 2.43. The standard InChI is InChI=1S/C41H78NO7P/c1-3-5-7-9-11-13-15-17-19-21-23-25-27-29-31-33-36-46-38-40(39-48-50(44,45)47-37-35-42)49-41(43)34-32-30-28-26-24-22-20-18-16-14-12-10-8-6-4-2/h6,8,12,14,18,20,40H,3-5,7,9-11,13,15-17,19,21-39,42H2,1-2H3,(H,44,45)/b8-6-,14-12-,20-18-/t40-/m1/s1. The monoisotopic (exact) mass is 728 g/mol. The Kier molecular flexibility index (Phi) is 37.9. The van der Waals surface area contributed by atoms with Crippen LogP contribution in [0.2, 0.25) is 0 Å². The van der Waals surface area contributed by atoms with E-state index >= 15 is 0 Å². The van der Waals surface area contributed by atoms with Crippen molar-refractivity contribution >= 4 is 13.8 Å². The van der Waals surface area contributed by atoms with E-state index in [1.807, 2.05) is 0 Å². The topological polar surface area (TPSA) is 117 Å². The molecule has 0 bridgehead atoms. The highest BCUT2D eigenvalue weighted by Gasteiger charge is 2.25. The van der Waals surface area contributed by atoms with Crippen molar-refractivity contribution < 1.29 is 32.8 Å². The van der Waals surface area contributed by atoms with E-state index in [1.54, 1.807) is 0 Å². The fourth-order valence-electron chi connectivity index (χ4n) is 5.60. The van der Waals surface area contributed by atoms with Crippen LogP contribution >= 0.6 is 7.82 Å². The summed E-state index contributed by atoms with van der Waals surface area (Å²) in [6.07, 6.45) is 43.0. The van der Waals surface area contributed by atoms with E-state index in [9.17, 15) is 14.3 Å². The summed E-state index contributed by atoms with van der Waals surface area (Å²) in [5, 5.41) is 0. The van der Waals surface area contributed by atoms with Gasteiger partial charge in [0.1, 0.15) is 6.10 Å². The molecule has 0 aliphatic rings. The summed E-state index contributed by atoms with van der Waals surface area (Å²) in [5.41, 5.74) is 5.36. The van der Waals surface area contributed by atoms with E-state index in [0.717, 1.165) is 70.6 Å². The van der Waals surface area contributed by atoms with Gasteiger partial charge in [0.2, 0.25) is 0 Å². The molecular weight excluding hydrogens is 649 g/mol. The van der Waals surface area contributed by atoms with Gasteiger partial charge in [-0.05, 0) is 44.9 Å². The number of phosphoric ester groups is 1. The summed E-state index contributed by atoms with van der Waals surface area (Å²) >= 11 is 0. The van der Waals surface area contributed by atoms with Crippen molar-refractivity contribution in [2.75, 3.05) is 33.0 Å². The first kappa shape index (κ1) is 48.7. The van der Waals surface area contributed by atoms with Crippen LogP contribution in [0.4, 0.5) is 0 Å². The third-order valence-electron chi connectivity index (χ3n) is 8.57. The van der Waals surface area contributed by atoms with Crippen LogP contribution in [-0.4, -0.2) is 49.9 Å². The van der Waals surface area contributed by atoms with Crippen molar-refractivity contribution in [1.29, 1.82) is 0 Å². The number of unbranched alkanes of at least 4 members (excludes halogenated alkanes) is 20. The summed E-state index contributed by atoms with van der Waals surface area (Å²) in [6.45, 7) is 4.80. The maximum atomic E-state index is 12.5. The lowest BCUT2D eigenvalue weighted by atomic mass is 10.0. The molecule has 0 spiro atoms. The van der Waals surface area contributed by atoms with E-state index in [4.69, 9.17) is 24.3 Å². The smallest absolute Gasteiger partial charge is 0.457 e. The van der Waals surface area contributed by atoms with Gasteiger partial charge in [-0.2, -0.15) is 0 Å². The summed E-state index contributed by atoms with van der Waals surface area (Å²) in [4.78, 5) is 22.4. The molecule has 0 radical (unpaired) electrons. The molecule has 0 heterocycles. The van der Waals surface area contributed by atoms with Crippen LogP contribution in [0.25, 0.3) is 0 Å². The molecule has 0 aromatic rings. The number of carbonyl (C=O) groups excluding carboxylic acids is 1. The average Bonchev–Trinajstić information content (AvgIpc) is 3.10. The van der Waals surface area contributed by atoms with Crippen molar-refractivity contribution in [3.8, 4) is 0 Å². The van der Waals surface area contributed by atoms with E-state index in [1.165, 1.54) is 89.9 Å². The molecule has 0 saturated heterocycles. The molecule has 8 nitrogen and oxygen atoms in total. The van der Waals surface area contributed by atoms with Crippen molar-refractivity contribution in [2.45, 2.75) is 187 Å². The number of nitrogens with two attached hydrogens (primary N) is 1. The molecule has 0 aromatic heterocycles. The molecule has 0 aliphatic heterocycles. The highest BCUT2D eigenvalue weighted by atomic mass is 31.2. The van der Waals surface area contributed by atoms with Gasteiger partial charge in [-0.25, -0.2) is 4.57 Å². The summed E-state index contributed by atoms with van der Waals surface area (Å²) in [7, 11) is -4.28. The SMILES string of the molecule is CC/C=C\C/C=C\C/C=C\CCCCCCCC(=O)O[C@H](COCCCCCCCCCCCCCCCCCC)COP(=O)(O)OCCN. The molecule has 0 aliphatic carbocycles. The van der Waals surface area contributed by atoms with Crippen LogP contribution in [0.5, 0.6) is 0 Å². The van der Waals surface area contributed by atoms with Crippen molar-refractivity contribution in [1.82, 2.24) is 0 Å². The van der Waals surface area contributed by atoms with Crippen LogP contribution in [0.15, 0.2) is 36.5 Å².